The average molecular weight is 337 g/mol. The molecule has 0 aliphatic carbocycles. The van der Waals surface area contributed by atoms with Crippen LogP contribution in [0.5, 0.6) is 0 Å². The summed E-state index contributed by atoms with van der Waals surface area (Å²) < 4.78 is 0. The van der Waals surface area contributed by atoms with Gasteiger partial charge >= 0.3 is 136 Å². The second-order valence-electron chi connectivity index (χ2n) is 6.05. The van der Waals surface area contributed by atoms with E-state index in [1.807, 2.05) is 40.1 Å². The van der Waals surface area contributed by atoms with Crippen LogP contribution in [0.3, 0.4) is 0 Å². The summed E-state index contributed by atoms with van der Waals surface area (Å²) in [7, 11) is 0. The van der Waals surface area contributed by atoms with Crippen LogP contribution < -0.4 is 0 Å². The van der Waals surface area contributed by atoms with Gasteiger partial charge in [0.05, 0.1) is 0 Å². The molecule has 21 heavy (non-hydrogen) atoms. The first kappa shape index (κ1) is 20.2. The van der Waals surface area contributed by atoms with Gasteiger partial charge in [0.25, 0.3) is 0 Å². The summed E-state index contributed by atoms with van der Waals surface area (Å²) >= 11 is 1.22. The molecule has 0 saturated carbocycles. The molecule has 0 N–H and O–H groups in total. The Balaban J connectivity index is 5.21. The van der Waals surface area contributed by atoms with Gasteiger partial charge in [-0.05, 0) is 0 Å². The first-order chi connectivity index (χ1) is 9.70. The number of nitrogens with zero attached hydrogens (tertiary/aromatic N) is 4. The van der Waals surface area contributed by atoms with Crippen LogP contribution in [0.1, 0.15) is 55.4 Å². The van der Waals surface area contributed by atoms with Crippen molar-refractivity contribution in [3.63, 3.8) is 0 Å². The van der Waals surface area contributed by atoms with Gasteiger partial charge in [-0.2, -0.15) is 0 Å². The van der Waals surface area contributed by atoms with Crippen molar-refractivity contribution < 1.29 is 14.4 Å². The molecule has 0 aliphatic heterocycles. The first-order valence-corrected chi connectivity index (χ1v) is 8.52. The van der Waals surface area contributed by atoms with Gasteiger partial charge in [-0.25, -0.2) is 0 Å². The van der Waals surface area contributed by atoms with E-state index in [1.54, 1.807) is 0 Å². The van der Waals surface area contributed by atoms with Crippen molar-refractivity contribution in [2.45, 2.75) is 67.5 Å². The van der Waals surface area contributed by atoms with Gasteiger partial charge in [0.15, 0.2) is 0 Å². The fourth-order valence-corrected chi connectivity index (χ4v) is 2.13. The molecule has 0 fully saturated rings. The molecule has 0 rings (SSSR count). The van der Waals surface area contributed by atoms with E-state index in [4.69, 9.17) is 0 Å². The van der Waals surface area contributed by atoms with Crippen LogP contribution in [0.25, 0.3) is 0 Å². The average Bonchev–Trinajstić information content (AvgIpc) is 2.31. The fourth-order valence-electron chi connectivity index (χ4n) is 1.02. The van der Waals surface area contributed by atoms with E-state index in [0.717, 1.165) is 9.61 Å². The summed E-state index contributed by atoms with van der Waals surface area (Å²) in [6.45, 7) is 16.6. The van der Waals surface area contributed by atoms with E-state index >= 15 is 0 Å². The molecular weight excluding hydrogens is 307 g/mol. The Labute approximate surface area is 136 Å². The molecule has 0 bridgehead atoms. The van der Waals surface area contributed by atoms with Gasteiger partial charge in [0.2, 0.25) is 0 Å². The first-order valence-electron chi connectivity index (χ1n) is 7.53. The Morgan fingerprint density at radius 3 is 1.24 bits per heavy atom. The Morgan fingerprint density at radius 2 is 1.00 bits per heavy atom. The molecule has 0 radical (unpaired) electrons. The quantitative estimate of drug-likeness (QED) is 0.399. The van der Waals surface area contributed by atoms with Gasteiger partial charge in [-0.1, -0.05) is 0 Å². The van der Waals surface area contributed by atoms with Crippen molar-refractivity contribution >= 4 is 22.0 Å². The van der Waals surface area contributed by atoms with Crippen molar-refractivity contribution in [3.8, 4) is 0 Å². The summed E-state index contributed by atoms with van der Waals surface area (Å²) in [5.74, 6) is 0.799. The van der Waals surface area contributed by atoms with Crippen molar-refractivity contribution in [3.05, 3.63) is 0 Å². The van der Waals surface area contributed by atoms with Gasteiger partial charge < -0.3 is 0 Å². The van der Waals surface area contributed by atoms with Crippen LogP contribution in [0.4, 0.5) is 0 Å². The molecule has 5 heteroatoms. The third-order valence-electron chi connectivity index (χ3n) is 1.80. The van der Waals surface area contributed by atoms with Crippen molar-refractivity contribution in [1.82, 2.24) is 0 Å². The molecule has 0 aliphatic rings. The molecule has 0 heterocycles. The molecule has 0 aromatic heterocycles. The van der Waals surface area contributed by atoms with Gasteiger partial charge in [0, 0.05) is 0 Å². The molecule has 0 atom stereocenters. The number of hydrogen-bond acceptors (Lipinski definition) is 2. The molecule has 0 spiro atoms. The zero-order valence-electron chi connectivity index (χ0n) is 14.6. The van der Waals surface area contributed by atoms with Gasteiger partial charge in [-0.15, -0.1) is 0 Å². The third kappa shape index (κ3) is 12.6. The van der Waals surface area contributed by atoms with Crippen molar-refractivity contribution in [2.24, 2.45) is 31.8 Å². The standard InChI is InChI=1S/2C8H15N2.Ni/c2*1-7(2)5-9-6-10-8(3)4;/h2*5,7-8H,1-4H3;. The summed E-state index contributed by atoms with van der Waals surface area (Å²) in [4.78, 5) is 19.6. The third-order valence-corrected chi connectivity index (χ3v) is 2.75. The molecule has 0 amide bonds. The minimum absolute atomic E-state index is 0.205. The molecule has 0 aromatic rings. The predicted molar refractivity (Wildman–Crippen MR) is 91.8 cm³/mol. The number of hydrogen-bond donors (Lipinski definition) is 0. The summed E-state index contributed by atoms with van der Waals surface area (Å²) in [5.41, 5.74) is 0. The normalized spacial score (nSPS) is 15.0. The van der Waals surface area contributed by atoms with Gasteiger partial charge in [-0.3, -0.25) is 0 Å². The fraction of sp³-hybridized carbons (Fsp3) is 0.750. The van der Waals surface area contributed by atoms with Crippen LogP contribution in [0.15, 0.2) is 20.0 Å². The van der Waals surface area contributed by atoms with Crippen LogP contribution in [-0.2, 0) is 14.4 Å². The molecule has 0 saturated heterocycles. The van der Waals surface area contributed by atoms with E-state index in [9.17, 15) is 0 Å². The van der Waals surface area contributed by atoms with Crippen LogP contribution in [0, 0.1) is 11.8 Å². The van der Waals surface area contributed by atoms with E-state index in [-0.39, 0.29) is 12.1 Å². The van der Waals surface area contributed by atoms with Crippen molar-refractivity contribution in [2.75, 3.05) is 0 Å². The molecular formula is C16H30N4Ni. The van der Waals surface area contributed by atoms with E-state index in [1.165, 1.54) is 14.4 Å². The second kappa shape index (κ2) is 10.8. The summed E-state index contributed by atoms with van der Waals surface area (Å²) in [6, 6.07) is 0.411. The molecule has 4 nitrogen and oxygen atoms in total. The Hall–Kier alpha value is -0.826. The minimum atomic E-state index is 0.205. The van der Waals surface area contributed by atoms with Crippen LogP contribution in [0.2, 0.25) is 0 Å². The van der Waals surface area contributed by atoms with E-state index in [0.29, 0.717) is 11.8 Å². The monoisotopic (exact) mass is 336 g/mol. The summed E-state index contributed by atoms with van der Waals surface area (Å²) in [5, 5.41) is 0. The SMILES string of the molecule is CC(C)C=N[C](=NC(C)C)[Ni][C](N=CC(C)C)=NC(C)C. The predicted octanol–water partition coefficient (Wildman–Crippen LogP) is 4.05. The number of amidine groups is 2. The Morgan fingerprint density at radius 1 is 0.667 bits per heavy atom. The second-order valence-corrected chi connectivity index (χ2v) is 7.18. The topological polar surface area (TPSA) is 49.4 Å². The molecule has 0 unspecified atom stereocenters. The van der Waals surface area contributed by atoms with Crippen molar-refractivity contribution in [1.29, 1.82) is 0 Å². The summed E-state index contributed by atoms with van der Waals surface area (Å²) in [6.07, 6.45) is 3.83. The van der Waals surface area contributed by atoms with Crippen LogP contribution in [-0.4, -0.2) is 34.1 Å². The number of rotatable bonds is 6. The van der Waals surface area contributed by atoms with Gasteiger partial charge in [0.1, 0.15) is 0 Å². The zero-order valence-corrected chi connectivity index (χ0v) is 15.6. The Kier molecular flexibility index (Phi) is 10.4. The molecule has 0 aromatic carbocycles. The maximum atomic E-state index is 4.56. The molecule has 124 valence electrons. The van der Waals surface area contributed by atoms with Crippen LogP contribution >= 0.6 is 0 Å². The van der Waals surface area contributed by atoms with E-state index in [2.05, 4.69) is 47.7 Å². The van der Waals surface area contributed by atoms with E-state index < -0.39 is 0 Å². The zero-order chi connectivity index (χ0) is 16.4. The number of aliphatic imine (C=N–C) groups is 4. The Bertz CT molecular complexity index is 367. The maximum absolute atomic E-state index is 4.56.